The number of hydrogen-bond acceptors (Lipinski definition) is 2. The minimum atomic E-state index is -1.12. The van der Waals surface area contributed by atoms with Crippen molar-refractivity contribution in [3.63, 3.8) is 0 Å². The molecule has 1 atom stereocenters. The summed E-state index contributed by atoms with van der Waals surface area (Å²) in [6.45, 7) is 9.13. The predicted octanol–water partition coefficient (Wildman–Crippen LogP) is 3.68. The zero-order valence-electron chi connectivity index (χ0n) is 10.7. The van der Waals surface area contributed by atoms with Crippen LogP contribution in [0.15, 0.2) is 0 Å². The van der Waals surface area contributed by atoms with Crippen LogP contribution in [0, 0.1) is 16.2 Å². The average Bonchev–Trinajstić information content (AvgIpc) is 2.50. The van der Waals surface area contributed by atoms with Gasteiger partial charge in [-0.2, -0.15) is 0 Å². The number of hydrogen-bond donors (Lipinski definition) is 1. The Morgan fingerprint density at radius 3 is 2.06 bits per heavy atom. The van der Waals surface area contributed by atoms with E-state index in [1.54, 1.807) is 0 Å². The second-order valence-electron chi connectivity index (χ2n) is 7.30. The molecule has 92 valence electrons. The van der Waals surface area contributed by atoms with Crippen LogP contribution in [0.5, 0.6) is 0 Å². The Balaban J connectivity index is 2.10. The van der Waals surface area contributed by atoms with Crippen molar-refractivity contribution >= 4 is 6.16 Å². The first-order chi connectivity index (χ1) is 7.14. The highest BCUT2D eigenvalue weighted by Crippen LogP contribution is 2.66. The van der Waals surface area contributed by atoms with Crippen molar-refractivity contribution in [1.29, 1.82) is 0 Å². The second-order valence-corrected chi connectivity index (χ2v) is 7.30. The maximum Gasteiger partial charge on any atom is 0.506 e. The fraction of sp³-hybridized carbons (Fsp3) is 0.923. The maximum absolute atomic E-state index is 10.6. The first kappa shape index (κ1) is 11.7. The summed E-state index contributed by atoms with van der Waals surface area (Å²) in [5.74, 6) is 0. The molecule has 2 rings (SSSR count). The van der Waals surface area contributed by atoms with Crippen LogP contribution in [0.4, 0.5) is 4.79 Å². The van der Waals surface area contributed by atoms with E-state index in [9.17, 15) is 4.79 Å². The highest BCUT2D eigenvalue weighted by molar-refractivity contribution is 5.57. The molecule has 0 bridgehead atoms. The summed E-state index contributed by atoms with van der Waals surface area (Å²) < 4.78 is 4.96. The Kier molecular flexibility index (Phi) is 2.31. The van der Waals surface area contributed by atoms with Crippen LogP contribution in [0.1, 0.15) is 53.4 Å². The van der Waals surface area contributed by atoms with E-state index in [0.29, 0.717) is 10.8 Å². The van der Waals surface area contributed by atoms with Crippen molar-refractivity contribution in [3.8, 4) is 0 Å². The molecule has 0 aromatic rings. The molecule has 0 heterocycles. The molecular formula is C13H22O3. The van der Waals surface area contributed by atoms with Gasteiger partial charge >= 0.3 is 6.16 Å². The van der Waals surface area contributed by atoms with Gasteiger partial charge in [-0.15, -0.1) is 0 Å². The lowest BCUT2D eigenvalue weighted by Gasteiger charge is -2.45. The quantitative estimate of drug-likeness (QED) is 0.694. The molecule has 2 aliphatic carbocycles. The number of carboxylic acid groups (broad SMARTS) is 1. The first-order valence-electron chi connectivity index (χ1n) is 6.04. The Bertz CT molecular complexity index is 301. The lowest BCUT2D eigenvalue weighted by molar-refractivity contribution is 0.0125. The van der Waals surface area contributed by atoms with Crippen LogP contribution in [-0.2, 0) is 4.74 Å². The Morgan fingerprint density at radius 2 is 1.62 bits per heavy atom. The molecule has 1 spiro atoms. The van der Waals surface area contributed by atoms with Gasteiger partial charge in [0.25, 0.3) is 0 Å². The first-order valence-corrected chi connectivity index (χ1v) is 6.04. The molecule has 1 N–H and O–H groups in total. The third-order valence-corrected chi connectivity index (χ3v) is 3.98. The molecule has 0 amide bonds. The zero-order valence-corrected chi connectivity index (χ0v) is 10.7. The van der Waals surface area contributed by atoms with Crippen LogP contribution in [0.25, 0.3) is 0 Å². The van der Waals surface area contributed by atoms with E-state index in [1.165, 1.54) is 6.42 Å². The molecule has 2 saturated carbocycles. The number of carbonyl (C=O) groups is 1. The highest BCUT2D eigenvalue weighted by Gasteiger charge is 2.63. The van der Waals surface area contributed by atoms with Crippen molar-refractivity contribution in [3.05, 3.63) is 0 Å². The van der Waals surface area contributed by atoms with Gasteiger partial charge < -0.3 is 9.84 Å². The molecule has 3 heteroatoms. The summed E-state index contributed by atoms with van der Waals surface area (Å²) in [4.78, 5) is 10.6. The van der Waals surface area contributed by atoms with Crippen LogP contribution < -0.4 is 0 Å². The van der Waals surface area contributed by atoms with Crippen LogP contribution in [0.3, 0.4) is 0 Å². The van der Waals surface area contributed by atoms with Gasteiger partial charge in [-0.25, -0.2) is 4.79 Å². The van der Waals surface area contributed by atoms with E-state index in [0.717, 1.165) is 19.3 Å². The van der Waals surface area contributed by atoms with Gasteiger partial charge in [0.05, 0.1) is 0 Å². The lowest BCUT2D eigenvalue weighted by Crippen LogP contribution is -2.36. The predicted molar refractivity (Wildman–Crippen MR) is 61.4 cm³/mol. The largest absolute Gasteiger partial charge is 0.506 e. The standard InChI is InChI=1S/C13H22O3/c1-11(2)6-12(3,4)8-13(7-11)5-9(13)16-10(14)15/h9H,5-8H2,1-4H3,(H,14,15). The van der Waals surface area contributed by atoms with Gasteiger partial charge in [-0.3, -0.25) is 0 Å². The van der Waals surface area contributed by atoms with Crippen molar-refractivity contribution in [2.45, 2.75) is 59.5 Å². The van der Waals surface area contributed by atoms with E-state index in [4.69, 9.17) is 9.84 Å². The lowest BCUT2D eigenvalue weighted by atomic mass is 9.60. The minimum Gasteiger partial charge on any atom is -0.450 e. The Labute approximate surface area is 97.2 Å². The van der Waals surface area contributed by atoms with E-state index < -0.39 is 6.16 Å². The normalized spacial score (nSPS) is 33.4. The fourth-order valence-corrected chi connectivity index (χ4v) is 4.36. The molecule has 2 fully saturated rings. The highest BCUT2D eigenvalue weighted by atomic mass is 16.7. The van der Waals surface area contributed by atoms with E-state index >= 15 is 0 Å². The van der Waals surface area contributed by atoms with E-state index in [1.807, 2.05) is 0 Å². The van der Waals surface area contributed by atoms with Crippen molar-refractivity contribution < 1.29 is 14.6 Å². The topological polar surface area (TPSA) is 46.5 Å². The van der Waals surface area contributed by atoms with Crippen molar-refractivity contribution in [1.82, 2.24) is 0 Å². The minimum absolute atomic E-state index is 0.0520. The monoisotopic (exact) mass is 226 g/mol. The van der Waals surface area contributed by atoms with Gasteiger partial charge in [-0.05, 0) is 36.5 Å². The van der Waals surface area contributed by atoms with Crippen LogP contribution in [0.2, 0.25) is 0 Å². The molecule has 0 radical (unpaired) electrons. The van der Waals surface area contributed by atoms with Crippen LogP contribution >= 0.6 is 0 Å². The molecule has 0 aromatic heterocycles. The summed E-state index contributed by atoms with van der Waals surface area (Å²) in [6, 6.07) is 0. The summed E-state index contributed by atoms with van der Waals surface area (Å²) in [7, 11) is 0. The van der Waals surface area contributed by atoms with Crippen molar-refractivity contribution in [2.75, 3.05) is 0 Å². The zero-order chi connectivity index (χ0) is 12.2. The third-order valence-electron chi connectivity index (χ3n) is 3.98. The second kappa shape index (κ2) is 3.14. The molecule has 16 heavy (non-hydrogen) atoms. The van der Waals surface area contributed by atoms with E-state index in [-0.39, 0.29) is 11.5 Å². The smallest absolute Gasteiger partial charge is 0.450 e. The summed E-state index contributed by atoms with van der Waals surface area (Å²) in [5.41, 5.74) is 0.750. The van der Waals surface area contributed by atoms with Gasteiger partial charge in [0.15, 0.2) is 0 Å². The number of ether oxygens (including phenoxy) is 1. The Morgan fingerprint density at radius 1 is 1.12 bits per heavy atom. The molecule has 0 aliphatic heterocycles. The summed E-state index contributed by atoms with van der Waals surface area (Å²) >= 11 is 0. The maximum atomic E-state index is 10.6. The van der Waals surface area contributed by atoms with Gasteiger partial charge in [0, 0.05) is 5.41 Å². The number of rotatable bonds is 1. The van der Waals surface area contributed by atoms with E-state index in [2.05, 4.69) is 27.7 Å². The third kappa shape index (κ3) is 2.18. The average molecular weight is 226 g/mol. The SMILES string of the molecule is CC1(C)CC(C)(C)CC2(CC2OC(=O)O)C1. The fourth-order valence-electron chi connectivity index (χ4n) is 4.36. The molecule has 3 nitrogen and oxygen atoms in total. The molecule has 0 saturated heterocycles. The van der Waals surface area contributed by atoms with Crippen molar-refractivity contribution in [2.24, 2.45) is 16.2 Å². The molecule has 1 unspecified atom stereocenters. The van der Waals surface area contributed by atoms with Gasteiger partial charge in [-0.1, -0.05) is 27.7 Å². The molecular weight excluding hydrogens is 204 g/mol. The van der Waals surface area contributed by atoms with Crippen LogP contribution in [-0.4, -0.2) is 17.4 Å². The van der Waals surface area contributed by atoms with Gasteiger partial charge in [0.2, 0.25) is 0 Å². The summed E-state index contributed by atoms with van der Waals surface area (Å²) in [5, 5.41) is 8.68. The Hall–Kier alpha value is -0.730. The van der Waals surface area contributed by atoms with Gasteiger partial charge in [0.1, 0.15) is 6.10 Å². The molecule has 2 aliphatic rings. The molecule has 0 aromatic carbocycles. The summed E-state index contributed by atoms with van der Waals surface area (Å²) in [6.07, 6.45) is 3.16.